The molecule has 6 heteroatoms. The van der Waals surface area contributed by atoms with E-state index >= 15 is 0 Å². The molecule has 0 aromatic heterocycles. The van der Waals surface area contributed by atoms with Gasteiger partial charge in [0.05, 0.1) is 23.4 Å². The average molecular weight is 358 g/mol. The molecule has 26 heavy (non-hydrogen) atoms. The first-order valence-corrected chi connectivity index (χ1v) is 8.22. The Labute approximate surface area is 154 Å². The smallest absolute Gasteiger partial charge is 0.340 e. The zero-order valence-electron chi connectivity index (χ0n) is 15.9. The van der Waals surface area contributed by atoms with Crippen molar-refractivity contribution >= 4 is 23.3 Å². The highest BCUT2D eigenvalue weighted by molar-refractivity contribution is 5.95. The topological polar surface area (TPSA) is 70.1 Å². The zero-order chi connectivity index (χ0) is 19.7. The predicted octanol–water partition coefficient (Wildman–Crippen LogP) is 3.38. The Morgan fingerprint density at radius 1 is 0.923 bits per heavy atom. The van der Waals surface area contributed by atoms with E-state index in [1.165, 1.54) is 0 Å². The van der Waals surface area contributed by atoms with Crippen molar-refractivity contribution in [3.05, 3.63) is 59.7 Å². The molecule has 140 valence electrons. The van der Waals surface area contributed by atoms with Gasteiger partial charge in [-0.2, -0.15) is 0 Å². The van der Waals surface area contributed by atoms with E-state index in [9.17, 15) is 9.59 Å². The van der Waals surface area contributed by atoms with Crippen LogP contribution in [0.1, 0.15) is 27.6 Å². The van der Waals surface area contributed by atoms with Crippen molar-refractivity contribution in [1.82, 2.24) is 0 Å². The van der Waals surface area contributed by atoms with E-state index in [1.807, 2.05) is 56.2 Å². The second-order valence-electron chi connectivity index (χ2n) is 5.88. The third kappa shape index (κ3) is 6.12. The van der Waals surface area contributed by atoms with Gasteiger partial charge in [0.2, 0.25) is 0 Å². The number of carbonyl (C=O) groups excluding carboxylic acids is 1. The fourth-order valence-corrected chi connectivity index (χ4v) is 2.15. The van der Waals surface area contributed by atoms with Crippen molar-refractivity contribution in [1.29, 1.82) is 0 Å². The number of esters is 1. The summed E-state index contributed by atoms with van der Waals surface area (Å²) < 4.78 is 4.95. The number of benzene rings is 2. The molecule has 0 atom stereocenters. The first-order chi connectivity index (χ1) is 12.3. The molecule has 0 bridgehead atoms. The van der Waals surface area contributed by atoms with E-state index < -0.39 is 5.97 Å². The highest BCUT2D eigenvalue weighted by Gasteiger charge is 2.12. The van der Waals surface area contributed by atoms with Crippen molar-refractivity contribution in [2.24, 2.45) is 0 Å². The number of carboxylic acid groups (broad SMARTS) is 1. The average Bonchev–Trinajstić information content (AvgIpc) is 2.62. The van der Waals surface area contributed by atoms with Crippen LogP contribution in [-0.4, -0.2) is 51.8 Å². The van der Waals surface area contributed by atoms with Gasteiger partial charge in [-0.1, -0.05) is 12.1 Å². The van der Waals surface area contributed by atoms with Crippen molar-refractivity contribution in [3.63, 3.8) is 0 Å². The lowest BCUT2D eigenvalue weighted by atomic mass is 10.1. The fourth-order valence-electron chi connectivity index (χ4n) is 2.15. The van der Waals surface area contributed by atoms with Gasteiger partial charge in [0.15, 0.2) is 0 Å². The van der Waals surface area contributed by atoms with Crippen LogP contribution >= 0.6 is 0 Å². The first-order valence-electron chi connectivity index (χ1n) is 8.22. The monoisotopic (exact) mass is 358 g/mol. The number of ether oxygens (including phenoxy) is 1. The Hall–Kier alpha value is -3.02. The number of nitrogens with zero attached hydrogens (tertiary/aromatic N) is 2. The minimum Gasteiger partial charge on any atom is -0.478 e. The maximum absolute atomic E-state index is 11.5. The summed E-state index contributed by atoms with van der Waals surface area (Å²) in [6.07, 6.45) is 0. The van der Waals surface area contributed by atoms with Crippen LogP contribution in [0.25, 0.3) is 0 Å². The first kappa shape index (κ1) is 21.0. The third-order valence-corrected chi connectivity index (χ3v) is 3.51. The molecule has 0 spiro atoms. The van der Waals surface area contributed by atoms with Gasteiger partial charge in [-0.15, -0.1) is 0 Å². The van der Waals surface area contributed by atoms with Crippen LogP contribution < -0.4 is 9.80 Å². The van der Waals surface area contributed by atoms with Gasteiger partial charge in [-0.05, 0) is 43.3 Å². The Balaban J connectivity index is 0.000000263. The Kier molecular flexibility index (Phi) is 8.15. The van der Waals surface area contributed by atoms with Gasteiger partial charge < -0.3 is 19.6 Å². The summed E-state index contributed by atoms with van der Waals surface area (Å²) >= 11 is 0. The summed E-state index contributed by atoms with van der Waals surface area (Å²) in [5, 5.41) is 8.60. The molecule has 2 rings (SSSR count). The SMILES string of the molecule is CCOC(=O)c1ccccc1N(C)C.CN(C)c1ccc(C(=O)O)cc1. The summed E-state index contributed by atoms with van der Waals surface area (Å²) in [7, 11) is 7.63. The molecule has 2 aromatic rings. The minimum absolute atomic E-state index is 0.267. The van der Waals surface area contributed by atoms with E-state index in [0.717, 1.165) is 11.4 Å². The van der Waals surface area contributed by atoms with Crippen LogP contribution in [-0.2, 0) is 4.74 Å². The Morgan fingerprint density at radius 3 is 1.96 bits per heavy atom. The van der Waals surface area contributed by atoms with E-state index in [-0.39, 0.29) is 5.97 Å². The van der Waals surface area contributed by atoms with Crippen LogP contribution in [0.5, 0.6) is 0 Å². The van der Waals surface area contributed by atoms with Gasteiger partial charge in [-0.25, -0.2) is 9.59 Å². The maximum Gasteiger partial charge on any atom is 0.340 e. The van der Waals surface area contributed by atoms with Crippen LogP contribution in [0.15, 0.2) is 48.5 Å². The number of hydrogen-bond acceptors (Lipinski definition) is 5. The van der Waals surface area contributed by atoms with E-state index in [0.29, 0.717) is 17.7 Å². The third-order valence-electron chi connectivity index (χ3n) is 3.51. The van der Waals surface area contributed by atoms with Crippen LogP contribution in [0.4, 0.5) is 11.4 Å². The van der Waals surface area contributed by atoms with Gasteiger partial charge in [0.25, 0.3) is 0 Å². The molecule has 1 N–H and O–H groups in total. The number of carbonyl (C=O) groups is 2. The Bertz CT molecular complexity index is 725. The largest absolute Gasteiger partial charge is 0.478 e. The highest BCUT2D eigenvalue weighted by Crippen LogP contribution is 2.18. The second-order valence-corrected chi connectivity index (χ2v) is 5.88. The summed E-state index contributed by atoms with van der Waals surface area (Å²) in [6, 6.07) is 14.2. The van der Waals surface area contributed by atoms with Crippen LogP contribution in [0.3, 0.4) is 0 Å². The molecule has 0 fully saturated rings. The standard InChI is InChI=1S/C11H15NO2.C9H11NO2/c1-4-14-11(13)9-7-5-6-8-10(9)12(2)3;1-10(2)8-5-3-7(4-6-8)9(11)12/h5-8H,4H2,1-3H3;3-6H,1-2H3,(H,11,12). The summed E-state index contributed by atoms with van der Waals surface area (Å²) in [4.78, 5) is 25.8. The lowest BCUT2D eigenvalue weighted by Gasteiger charge is -2.15. The van der Waals surface area contributed by atoms with Crippen LogP contribution in [0, 0.1) is 0 Å². The molecular weight excluding hydrogens is 332 g/mol. The number of carboxylic acids is 1. The van der Waals surface area contributed by atoms with Crippen molar-refractivity contribution in [2.75, 3.05) is 44.6 Å². The van der Waals surface area contributed by atoms with Gasteiger partial charge in [0, 0.05) is 33.9 Å². The summed E-state index contributed by atoms with van der Waals surface area (Å²) in [6.45, 7) is 2.21. The van der Waals surface area contributed by atoms with Gasteiger partial charge >= 0.3 is 11.9 Å². The Morgan fingerprint density at radius 2 is 1.50 bits per heavy atom. The maximum atomic E-state index is 11.5. The zero-order valence-corrected chi connectivity index (χ0v) is 15.9. The lowest BCUT2D eigenvalue weighted by molar-refractivity contribution is 0.0526. The van der Waals surface area contributed by atoms with Crippen molar-refractivity contribution in [2.45, 2.75) is 6.92 Å². The fraction of sp³-hybridized carbons (Fsp3) is 0.300. The van der Waals surface area contributed by atoms with Gasteiger partial charge in [-0.3, -0.25) is 0 Å². The number of aromatic carboxylic acids is 1. The van der Waals surface area contributed by atoms with E-state index in [4.69, 9.17) is 9.84 Å². The molecular formula is C20H26N2O4. The molecule has 0 amide bonds. The molecule has 2 aromatic carbocycles. The molecule has 6 nitrogen and oxygen atoms in total. The molecule has 0 aliphatic heterocycles. The van der Waals surface area contributed by atoms with Crippen LogP contribution in [0.2, 0.25) is 0 Å². The molecule has 0 saturated carbocycles. The number of hydrogen-bond donors (Lipinski definition) is 1. The molecule has 0 aliphatic rings. The summed E-state index contributed by atoms with van der Waals surface area (Å²) in [5.41, 5.74) is 2.81. The minimum atomic E-state index is -0.889. The van der Waals surface area contributed by atoms with Crippen molar-refractivity contribution < 1.29 is 19.4 Å². The quantitative estimate of drug-likeness (QED) is 0.827. The predicted molar refractivity (Wildman–Crippen MR) is 104 cm³/mol. The molecule has 0 aliphatic carbocycles. The molecule has 0 radical (unpaired) electrons. The van der Waals surface area contributed by atoms with Crippen molar-refractivity contribution in [3.8, 4) is 0 Å². The number of anilines is 2. The van der Waals surface area contributed by atoms with E-state index in [1.54, 1.807) is 37.3 Å². The second kappa shape index (κ2) is 10.1. The highest BCUT2D eigenvalue weighted by atomic mass is 16.5. The number of rotatable bonds is 5. The number of para-hydroxylation sites is 1. The molecule has 0 unspecified atom stereocenters. The lowest BCUT2D eigenvalue weighted by Crippen LogP contribution is -2.15. The molecule has 0 saturated heterocycles. The van der Waals surface area contributed by atoms with E-state index in [2.05, 4.69) is 0 Å². The normalized spacial score (nSPS) is 9.58. The van der Waals surface area contributed by atoms with Gasteiger partial charge in [0.1, 0.15) is 0 Å². The molecule has 0 heterocycles. The summed E-state index contributed by atoms with van der Waals surface area (Å²) in [5.74, 6) is -1.16.